The molecule has 1 aromatic carbocycles. The van der Waals surface area contributed by atoms with Crippen molar-refractivity contribution >= 4 is 5.82 Å². The topological polar surface area (TPSA) is 37.8 Å². The van der Waals surface area contributed by atoms with Crippen LogP contribution in [-0.2, 0) is 5.41 Å². The van der Waals surface area contributed by atoms with Gasteiger partial charge in [-0.05, 0) is 25.1 Å². The molecule has 5 heteroatoms. The van der Waals surface area contributed by atoms with Gasteiger partial charge in [0.2, 0.25) is 0 Å². The SMILES string of the molecule is CNc1nc(C(C)(C)C)nc(-c2ccc(F)c(F)c2)c1C. The van der Waals surface area contributed by atoms with Gasteiger partial charge >= 0.3 is 0 Å². The summed E-state index contributed by atoms with van der Waals surface area (Å²) in [7, 11) is 1.77. The van der Waals surface area contributed by atoms with Gasteiger partial charge in [0.25, 0.3) is 0 Å². The van der Waals surface area contributed by atoms with Crippen molar-refractivity contribution < 1.29 is 8.78 Å². The fourth-order valence-corrected chi connectivity index (χ4v) is 2.02. The van der Waals surface area contributed by atoms with E-state index in [4.69, 9.17) is 0 Å². The van der Waals surface area contributed by atoms with Crippen LogP contribution in [0.2, 0.25) is 0 Å². The standard InChI is InChI=1S/C16H19F2N3/c1-9-13(10-6-7-11(17)12(18)8-10)20-15(16(2,3)4)21-14(9)19-5/h6-8H,1-5H3,(H,19,20,21). The number of anilines is 1. The predicted octanol–water partition coefficient (Wildman–Crippen LogP) is 4.07. The smallest absolute Gasteiger partial charge is 0.159 e. The number of nitrogens with zero attached hydrogens (tertiary/aromatic N) is 2. The second kappa shape index (κ2) is 5.39. The molecule has 1 heterocycles. The summed E-state index contributed by atoms with van der Waals surface area (Å²) in [5.74, 6) is -0.406. The molecule has 0 amide bonds. The molecule has 1 N–H and O–H groups in total. The first-order chi connectivity index (χ1) is 9.74. The molecular weight excluding hydrogens is 272 g/mol. The third kappa shape index (κ3) is 3.01. The highest BCUT2D eigenvalue weighted by Crippen LogP contribution is 2.30. The molecule has 0 aliphatic carbocycles. The third-order valence-electron chi connectivity index (χ3n) is 3.25. The highest BCUT2D eigenvalue weighted by Gasteiger charge is 2.21. The minimum Gasteiger partial charge on any atom is -0.373 e. The van der Waals surface area contributed by atoms with Crippen LogP contribution < -0.4 is 5.32 Å². The van der Waals surface area contributed by atoms with Crippen LogP contribution in [0.4, 0.5) is 14.6 Å². The highest BCUT2D eigenvalue weighted by molar-refractivity contribution is 5.68. The van der Waals surface area contributed by atoms with Gasteiger partial charge in [0.05, 0.1) is 5.69 Å². The van der Waals surface area contributed by atoms with Crippen molar-refractivity contribution in [3.8, 4) is 11.3 Å². The van der Waals surface area contributed by atoms with E-state index in [1.54, 1.807) is 7.05 Å². The quantitative estimate of drug-likeness (QED) is 0.906. The molecule has 0 aliphatic heterocycles. The Kier molecular flexibility index (Phi) is 3.94. The van der Waals surface area contributed by atoms with Crippen LogP contribution in [0.15, 0.2) is 18.2 Å². The Labute approximate surface area is 123 Å². The van der Waals surface area contributed by atoms with Crippen LogP contribution in [0.5, 0.6) is 0 Å². The molecule has 0 aliphatic rings. The predicted molar refractivity (Wildman–Crippen MR) is 80.4 cm³/mol. The molecule has 112 valence electrons. The second-order valence-electron chi connectivity index (χ2n) is 6.00. The number of halogens is 2. The summed E-state index contributed by atoms with van der Waals surface area (Å²) in [4.78, 5) is 9.05. The Hall–Kier alpha value is -2.04. The summed E-state index contributed by atoms with van der Waals surface area (Å²) in [6, 6.07) is 3.80. The Morgan fingerprint density at radius 2 is 1.71 bits per heavy atom. The number of benzene rings is 1. The number of hydrogen-bond donors (Lipinski definition) is 1. The lowest BCUT2D eigenvalue weighted by molar-refractivity contribution is 0.509. The van der Waals surface area contributed by atoms with Gasteiger partial charge in [0.1, 0.15) is 11.6 Å². The zero-order valence-electron chi connectivity index (χ0n) is 12.9. The van der Waals surface area contributed by atoms with Crippen LogP contribution in [0.25, 0.3) is 11.3 Å². The first kappa shape index (κ1) is 15.4. The average molecular weight is 291 g/mol. The van der Waals surface area contributed by atoms with E-state index in [9.17, 15) is 8.78 Å². The van der Waals surface area contributed by atoms with Crippen LogP contribution in [0, 0.1) is 18.6 Å². The molecule has 0 unspecified atom stereocenters. The molecule has 0 saturated carbocycles. The molecule has 2 rings (SSSR count). The molecular formula is C16H19F2N3. The van der Waals surface area contributed by atoms with Gasteiger partial charge in [-0.15, -0.1) is 0 Å². The average Bonchev–Trinajstić information content (AvgIpc) is 2.41. The zero-order chi connectivity index (χ0) is 15.8. The van der Waals surface area contributed by atoms with Gasteiger partial charge in [-0.3, -0.25) is 0 Å². The van der Waals surface area contributed by atoms with Crippen molar-refractivity contribution in [3.63, 3.8) is 0 Å². The Balaban J connectivity index is 2.69. The summed E-state index contributed by atoms with van der Waals surface area (Å²) in [5, 5.41) is 3.02. The van der Waals surface area contributed by atoms with Crippen molar-refractivity contribution in [1.82, 2.24) is 9.97 Å². The van der Waals surface area contributed by atoms with Gasteiger partial charge in [0, 0.05) is 23.6 Å². The van der Waals surface area contributed by atoms with Gasteiger partial charge in [-0.25, -0.2) is 18.7 Å². The Bertz CT molecular complexity index is 676. The monoisotopic (exact) mass is 291 g/mol. The van der Waals surface area contributed by atoms with Crippen LogP contribution in [0.3, 0.4) is 0 Å². The van der Waals surface area contributed by atoms with Crippen molar-refractivity contribution in [2.24, 2.45) is 0 Å². The maximum absolute atomic E-state index is 13.5. The van der Waals surface area contributed by atoms with Gasteiger partial charge in [0.15, 0.2) is 11.6 Å². The summed E-state index contributed by atoms with van der Waals surface area (Å²) in [6.45, 7) is 7.87. The minimum absolute atomic E-state index is 0.243. The minimum atomic E-state index is -0.881. The van der Waals surface area contributed by atoms with E-state index in [-0.39, 0.29) is 5.41 Å². The van der Waals surface area contributed by atoms with E-state index < -0.39 is 11.6 Å². The molecule has 1 aromatic heterocycles. The lowest BCUT2D eigenvalue weighted by atomic mass is 9.94. The summed E-state index contributed by atoms with van der Waals surface area (Å²) in [6.07, 6.45) is 0. The van der Waals surface area contributed by atoms with Crippen LogP contribution >= 0.6 is 0 Å². The van der Waals surface area contributed by atoms with E-state index in [0.29, 0.717) is 22.9 Å². The third-order valence-corrected chi connectivity index (χ3v) is 3.25. The largest absolute Gasteiger partial charge is 0.373 e. The molecule has 0 saturated heterocycles. The van der Waals surface area contributed by atoms with Crippen molar-refractivity contribution in [3.05, 3.63) is 41.2 Å². The molecule has 0 radical (unpaired) electrons. The highest BCUT2D eigenvalue weighted by atomic mass is 19.2. The number of nitrogens with one attached hydrogen (secondary N) is 1. The normalized spacial score (nSPS) is 11.6. The molecule has 3 nitrogen and oxygen atoms in total. The first-order valence-corrected chi connectivity index (χ1v) is 6.76. The van der Waals surface area contributed by atoms with Crippen LogP contribution in [-0.4, -0.2) is 17.0 Å². The van der Waals surface area contributed by atoms with E-state index in [1.165, 1.54) is 6.07 Å². The molecule has 0 fully saturated rings. The molecule has 0 spiro atoms. The Morgan fingerprint density at radius 1 is 1.05 bits per heavy atom. The van der Waals surface area contributed by atoms with Crippen molar-refractivity contribution in [2.45, 2.75) is 33.1 Å². The maximum Gasteiger partial charge on any atom is 0.159 e. The van der Waals surface area contributed by atoms with Gasteiger partial charge in [-0.2, -0.15) is 0 Å². The summed E-state index contributed by atoms with van der Waals surface area (Å²) < 4.78 is 26.6. The first-order valence-electron chi connectivity index (χ1n) is 6.76. The Morgan fingerprint density at radius 3 is 2.24 bits per heavy atom. The fraction of sp³-hybridized carbons (Fsp3) is 0.375. The van der Waals surface area contributed by atoms with E-state index >= 15 is 0 Å². The molecule has 21 heavy (non-hydrogen) atoms. The zero-order valence-corrected chi connectivity index (χ0v) is 12.9. The van der Waals surface area contributed by atoms with E-state index in [2.05, 4.69) is 15.3 Å². The maximum atomic E-state index is 13.5. The summed E-state index contributed by atoms with van der Waals surface area (Å²) in [5.41, 5.74) is 1.71. The van der Waals surface area contributed by atoms with E-state index in [1.807, 2.05) is 27.7 Å². The number of hydrogen-bond acceptors (Lipinski definition) is 3. The van der Waals surface area contributed by atoms with Crippen molar-refractivity contribution in [2.75, 3.05) is 12.4 Å². The van der Waals surface area contributed by atoms with Crippen LogP contribution in [0.1, 0.15) is 32.2 Å². The van der Waals surface area contributed by atoms with Gasteiger partial charge in [-0.1, -0.05) is 20.8 Å². The number of aromatic nitrogens is 2. The fourth-order valence-electron chi connectivity index (χ4n) is 2.02. The van der Waals surface area contributed by atoms with Gasteiger partial charge < -0.3 is 5.32 Å². The molecule has 0 bridgehead atoms. The second-order valence-corrected chi connectivity index (χ2v) is 6.00. The van der Waals surface area contributed by atoms with Crippen molar-refractivity contribution in [1.29, 1.82) is 0 Å². The molecule has 2 aromatic rings. The summed E-state index contributed by atoms with van der Waals surface area (Å²) >= 11 is 0. The number of rotatable bonds is 2. The lowest BCUT2D eigenvalue weighted by Crippen LogP contribution is -2.18. The molecule has 0 atom stereocenters. The van der Waals surface area contributed by atoms with E-state index in [0.717, 1.165) is 17.7 Å². The lowest BCUT2D eigenvalue weighted by Gasteiger charge is -2.20.